The van der Waals surface area contributed by atoms with Crippen LogP contribution in [0.25, 0.3) is 0 Å². The fourth-order valence-electron chi connectivity index (χ4n) is 0.846. The average molecular weight is 204 g/mol. The molecule has 0 aromatic rings. The molecule has 0 rings (SSSR count). The van der Waals surface area contributed by atoms with Crippen molar-refractivity contribution in [2.75, 3.05) is 19.6 Å². The van der Waals surface area contributed by atoms with E-state index in [2.05, 4.69) is 0 Å². The van der Waals surface area contributed by atoms with Gasteiger partial charge in [0.2, 0.25) is 0 Å². The molecule has 0 spiro atoms. The molecule has 0 saturated heterocycles. The van der Waals surface area contributed by atoms with Crippen molar-refractivity contribution in [2.24, 2.45) is 22.9 Å². The largest absolute Gasteiger partial charge is 0.330 e. The van der Waals surface area contributed by atoms with Gasteiger partial charge in [-0.1, -0.05) is 0 Å². The van der Waals surface area contributed by atoms with Crippen LogP contribution in [0.2, 0.25) is 0 Å². The lowest BCUT2D eigenvalue weighted by Gasteiger charge is -2.16. The van der Waals surface area contributed by atoms with Gasteiger partial charge in [-0.15, -0.1) is 0 Å². The zero-order chi connectivity index (χ0) is 11.4. The van der Waals surface area contributed by atoms with E-state index >= 15 is 0 Å². The smallest absolute Gasteiger partial charge is 0.00975 e. The van der Waals surface area contributed by atoms with E-state index in [9.17, 15) is 0 Å². The second kappa shape index (κ2) is 10.9. The highest BCUT2D eigenvalue weighted by molar-refractivity contribution is 4.70. The summed E-state index contributed by atoms with van der Waals surface area (Å²) in [5.74, 6) is 0. The summed E-state index contributed by atoms with van der Waals surface area (Å²) < 4.78 is 0. The summed E-state index contributed by atoms with van der Waals surface area (Å²) in [6, 6.07) is 0. The van der Waals surface area contributed by atoms with Crippen molar-refractivity contribution in [3.63, 3.8) is 0 Å². The molecule has 0 aromatic carbocycles. The summed E-state index contributed by atoms with van der Waals surface area (Å²) in [6.07, 6.45) is 4.18. The highest BCUT2D eigenvalue weighted by Gasteiger charge is 2.07. The Bertz CT molecular complexity index is 94.8. The lowest BCUT2D eigenvalue weighted by atomic mass is 10.0. The summed E-state index contributed by atoms with van der Waals surface area (Å²) in [7, 11) is 0. The van der Waals surface area contributed by atoms with Crippen molar-refractivity contribution in [3.8, 4) is 0 Å². The van der Waals surface area contributed by atoms with Crippen molar-refractivity contribution in [1.82, 2.24) is 0 Å². The van der Waals surface area contributed by atoms with Gasteiger partial charge in [-0.3, -0.25) is 0 Å². The van der Waals surface area contributed by atoms with Gasteiger partial charge >= 0.3 is 0 Å². The molecule has 0 aliphatic rings. The maximum atomic E-state index is 5.67. The molecule has 0 fully saturated rings. The molecule has 0 bridgehead atoms. The highest BCUT2D eigenvalue weighted by Crippen LogP contribution is 2.04. The standard InChI is InChI=1S/C6H16N2.C4H12N2/c1-6(2,8)4-3-5-7;5-3-1-2-4-6/h3-5,7-8H2,1-2H3;1-6H2. The molecular weight excluding hydrogens is 176 g/mol. The normalized spacial score (nSPS) is 10.7. The summed E-state index contributed by atoms with van der Waals surface area (Å²) in [5, 5.41) is 0. The molecule has 0 radical (unpaired) electrons. The quantitative estimate of drug-likeness (QED) is 0.462. The topological polar surface area (TPSA) is 104 Å². The molecule has 4 heteroatoms. The summed E-state index contributed by atoms with van der Waals surface area (Å²) >= 11 is 0. The van der Waals surface area contributed by atoms with Gasteiger partial charge in [0.1, 0.15) is 0 Å². The lowest BCUT2D eigenvalue weighted by Crippen LogP contribution is -2.32. The van der Waals surface area contributed by atoms with Gasteiger partial charge in [-0.25, -0.2) is 0 Å². The van der Waals surface area contributed by atoms with Crippen molar-refractivity contribution in [1.29, 1.82) is 0 Å². The van der Waals surface area contributed by atoms with Crippen LogP contribution >= 0.6 is 0 Å². The molecule has 0 aliphatic heterocycles. The maximum Gasteiger partial charge on any atom is 0.00975 e. The number of nitrogens with two attached hydrogens (primary N) is 4. The minimum atomic E-state index is -0.0284. The Labute approximate surface area is 88.4 Å². The number of hydrogen-bond acceptors (Lipinski definition) is 4. The van der Waals surface area contributed by atoms with Crippen LogP contribution in [0.5, 0.6) is 0 Å². The average Bonchev–Trinajstić information content (AvgIpc) is 2.11. The Morgan fingerprint density at radius 3 is 1.29 bits per heavy atom. The molecule has 0 atom stereocenters. The van der Waals surface area contributed by atoms with Crippen LogP contribution < -0.4 is 22.9 Å². The molecule has 0 amide bonds. The fraction of sp³-hybridized carbons (Fsp3) is 1.00. The Morgan fingerprint density at radius 2 is 1.14 bits per heavy atom. The molecule has 4 nitrogen and oxygen atoms in total. The van der Waals surface area contributed by atoms with Gasteiger partial charge in [-0.05, 0) is 59.2 Å². The van der Waals surface area contributed by atoms with Gasteiger partial charge in [0, 0.05) is 5.54 Å². The van der Waals surface area contributed by atoms with Crippen LogP contribution in [-0.4, -0.2) is 25.2 Å². The summed E-state index contributed by atoms with van der Waals surface area (Å²) in [6.45, 7) is 6.33. The molecule has 0 unspecified atom stereocenters. The molecule has 0 heterocycles. The van der Waals surface area contributed by atoms with Crippen molar-refractivity contribution >= 4 is 0 Å². The predicted octanol–water partition coefficient (Wildman–Crippen LogP) is 0.147. The van der Waals surface area contributed by atoms with E-state index in [-0.39, 0.29) is 5.54 Å². The zero-order valence-electron chi connectivity index (χ0n) is 9.76. The molecular formula is C10H28N4. The minimum Gasteiger partial charge on any atom is -0.330 e. The Balaban J connectivity index is 0. The fourth-order valence-corrected chi connectivity index (χ4v) is 0.846. The first-order chi connectivity index (χ1) is 6.47. The summed E-state index contributed by atoms with van der Waals surface area (Å²) in [4.78, 5) is 0. The van der Waals surface area contributed by atoms with Crippen LogP contribution in [0, 0.1) is 0 Å². The van der Waals surface area contributed by atoms with E-state index in [1.54, 1.807) is 0 Å². The van der Waals surface area contributed by atoms with Crippen molar-refractivity contribution in [3.05, 3.63) is 0 Å². The lowest BCUT2D eigenvalue weighted by molar-refractivity contribution is 0.462. The van der Waals surface area contributed by atoms with Crippen molar-refractivity contribution in [2.45, 2.75) is 45.1 Å². The maximum absolute atomic E-state index is 5.67. The first kappa shape index (κ1) is 16.3. The Hall–Kier alpha value is -0.160. The van der Waals surface area contributed by atoms with Crippen LogP contribution in [0.1, 0.15) is 39.5 Å². The third-order valence-electron chi connectivity index (χ3n) is 1.68. The number of rotatable bonds is 6. The van der Waals surface area contributed by atoms with Crippen LogP contribution in [0.4, 0.5) is 0 Å². The third-order valence-corrected chi connectivity index (χ3v) is 1.68. The van der Waals surface area contributed by atoms with Gasteiger partial charge in [0.15, 0.2) is 0 Å². The minimum absolute atomic E-state index is 0.0284. The van der Waals surface area contributed by atoms with Crippen LogP contribution in [0.15, 0.2) is 0 Å². The Kier molecular flexibility index (Phi) is 12.7. The third kappa shape index (κ3) is 22.6. The summed E-state index contributed by atoms with van der Waals surface area (Å²) in [5.41, 5.74) is 21.2. The SMILES string of the molecule is CC(C)(N)CCCN.NCCCCN. The first-order valence-electron chi connectivity index (χ1n) is 5.37. The second-order valence-corrected chi connectivity index (χ2v) is 4.17. The molecule has 0 saturated carbocycles. The van der Waals surface area contributed by atoms with Gasteiger partial charge < -0.3 is 22.9 Å². The van der Waals surface area contributed by atoms with Gasteiger partial charge in [0.05, 0.1) is 0 Å². The van der Waals surface area contributed by atoms with Crippen LogP contribution in [0.3, 0.4) is 0 Å². The molecule has 0 aromatic heterocycles. The molecule has 14 heavy (non-hydrogen) atoms. The first-order valence-corrected chi connectivity index (χ1v) is 5.37. The zero-order valence-corrected chi connectivity index (χ0v) is 9.76. The molecule has 88 valence electrons. The Morgan fingerprint density at radius 1 is 0.786 bits per heavy atom. The number of unbranched alkanes of at least 4 members (excludes halogenated alkanes) is 1. The second-order valence-electron chi connectivity index (χ2n) is 4.17. The van der Waals surface area contributed by atoms with E-state index in [0.29, 0.717) is 0 Å². The monoisotopic (exact) mass is 204 g/mol. The number of hydrogen-bond donors (Lipinski definition) is 4. The highest BCUT2D eigenvalue weighted by atomic mass is 14.7. The van der Waals surface area contributed by atoms with E-state index in [1.807, 2.05) is 13.8 Å². The van der Waals surface area contributed by atoms with E-state index in [4.69, 9.17) is 22.9 Å². The van der Waals surface area contributed by atoms with E-state index < -0.39 is 0 Å². The molecule has 8 N–H and O–H groups in total. The van der Waals surface area contributed by atoms with E-state index in [0.717, 1.165) is 45.3 Å². The van der Waals surface area contributed by atoms with Gasteiger partial charge in [0.25, 0.3) is 0 Å². The van der Waals surface area contributed by atoms with Crippen molar-refractivity contribution < 1.29 is 0 Å². The van der Waals surface area contributed by atoms with Crippen LogP contribution in [-0.2, 0) is 0 Å². The predicted molar refractivity (Wildman–Crippen MR) is 63.9 cm³/mol. The molecule has 0 aliphatic carbocycles. The van der Waals surface area contributed by atoms with E-state index in [1.165, 1.54) is 0 Å². The van der Waals surface area contributed by atoms with Gasteiger partial charge in [-0.2, -0.15) is 0 Å².